The minimum atomic E-state index is 0.0526. The molecule has 0 saturated carbocycles. The Morgan fingerprint density at radius 2 is 2.11 bits per heavy atom. The average molecular weight is 264 g/mol. The van der Waals surface area contributed by atoms with E-state index in [1.54, 1.807) is 19.0 Å². The van der Waals surface area contributed by atoms with Crippen molar-refractivity contribution in [2.45, 2.75) is 24.6 Å². The molecule has 1 heterocycles. The molecule has 1 aromatic rings. The second-order valence-corrected chi connectivity index (χ2v) is 6.44. The number of amides is 1. The molecule has 0 aromatic heterocycles. The van der Waals surface area contributed by atoms with Crippen molar-refractivity contribution in [2.24, 2.45) is 0 Å². The number of benzene rings is 1. The summed E-state index contributed by atoms with van der Waals surface area (Å²) in [5, 5.41) is 4.21. The van der Waals surface area contributed by atoms with Crippen molar-refractivity contribution in [1.82, 2.24) is 4.90 Å². The average Bonchev–Trinajstić information content (AvgIpc) is 2.74. The first-order valence-corrected chi connectivity index (χ1v) is 7.31. The van der Waals surface area contributed by atoms with E-state index in [0.29, 0.717) is 11.3 Å². The van der Waals surface area contributed by atoms with E-state index >= 15 is 0 Å². The van der Waals surface area contributed by atoms with Gasteiger partial charge < -0.3 is 10.2 Å². The van der Waals surface area contributed by atoms with E-state index in [1.165, 1.54) is 0 Å². The zero-order valence-electron chi connectivity index (χ0n) is 11.1. The van der Waals surface area contributed by atoms with Gasteiger partial charge in [0.25, 0.3) is 5.91 Å². The van der Waals surface area contributed by atoms with Crippen LogP contribution in [0, 0.1) is 0 Å². The van der Waals surface area contributed by atoms with Crippen LogP contribution in [0.1, 0.15) is 23.7 Å². The fourth-order valence-corrected chi connectivity index (χ4v) is 3.32. The number of rotatable bonds is 3. The monoisotopic (exact) mass is 264 g/mol. The topological polar surface area (TPSA) is 32.3 Å². The Hall–Kier alpha value is -1.16. The number of carbonyl (C=O) groups excluding carboxylic acids is 1. The van der Waals surface area contributed by atoms with Gasteiger partial charge in [-0.1, -0.05) is 19.1 Å². The molecule has 1 aliphatic rings. The van der Waals surface area contributed by atoms with Gasteiger partial charge in [0.15, 0.2) is 0 Å². The van der Waals surface area contributed by atoms with Crippen LogP contribution in [0.3, 0.4) is 0 Å². The predicted molar refractivity (Wildman–Crippen MR) is 78.4 cm³/mol. The molecule has 1 amide bonds. The van der Waals surface area contributed by atoms with Gasteiger partial charge in [-0.05, 0) is 18.6 Å². The lowest BCUT2D eigenvalue weighted by Crippen LogP contribution is -2.25. The van der Waals surface area contributed by atoms with Gasteiger partial charge in [-0.2, -0.15) is 11.8 Å². The third-order valence-corrected chi connectivity index (χ3v) is 4.48. The largest absolute Gasteiger partial charge is 0.381 e. The smallest absolute Gasteiger partial charge is 0.255 e. The summed E-state index contributed by atoms with van der Waals surface area (Å²) >= 11 is 1.99. The third kappa shape index (κ3) is 2.99. The molecular weight excluding hydrogens is 244 g/mol. The normalized spacial score (nSPS) is 22.8. The van der Waals surface area contributed by atoms with Crippen molar-refractivity contribution in [3.8, 4) is 0 Å². The van der Waals surface area contributed by atoms with Crippen molar-refractivity contribution in [3.63, 3.8) is 0 Å². The Balaban J connectivity index is 2.15. The Kier molecular flexibility index (Phi) is 4.17. The number of thioether (sulfide) groups is 1. The predicted octanol–water partition coefficient (Wildman–Crippen LogP) is 2.69. The van der Waals surface area contributed by atoms with E-state index in [4.69, 9.17) is 0 Å². The number of carbonyl (C=O) groups is 1. The molecule has 2 atom stereocenters. The second-order valence-electron chi connectivity index (χ2n) is 4.97. The first-order valence-electron chi connectivity index (χ1n) is 6.26. The summed E-state index contributed by atoms with van der Waals surface area (Å²) in [6.45, 7) is 2.25. The molecule has 0 aliphatic carbocycles. The van der Waals surface area contributed by atoms with Crippen LogP contribution in [-0.2, 0) is 0 Å². The fourth-order valence-electron chi connectivity index (χ4n) is 2.17. The molecule has 1 aliphatic heterocycles. The van der Waals surface area contributed by atoms with Crippen LogP contribution in [0.4, 0.5) is 5.69 Å². The van der Waals surface area contributed by atoms with Gasteiger partial charge in [0.1, 0.15) is 0 Å². The number of hydrogen-bond acceptors (Lipinski definition) is 3. The maximum atomic E-state index is 12.1. The lowest BCUT2D eigenvalue weighted by atomic mass is 10.1. The molecule has 0 radical (unpaired) electrons. The van der Waals surface area contributed by atoms with Crippen LogP contribution < -0.4 is 5.32 Å². The van der Waals surface area contributed by atoms with Crippen LogP contribution in [0.5, 0.6) is 0 Å². The highest BCUT2D eigenvalue weighted by molar-refractivity contribution is 8.00. The molecule has 18 heavy (non-hydrogen) atoms. The molecule has 4 heteroatoms. The number of anilines is 1. The lowest BCUT2D eigenvalue weighted by molar-refractivity contribution is 0.0828. The van der Waals surface area contributed by atoms with E-state index in [-0.39, 0.29) is 5.91 Å². The Morgan fingerprint density at radius 3 is 2.72 bits per heavy atom. The zero-order chi connectivity index (χ0) is 13.1. The maximum absolute atomic E-state index is 12.1. The Labute approximate surface area is 113 Å². The van der Waals surface area contributed by atoms with Crippen molar-refractivity contribution < 1.29 is 4.79 Å². The third-order valence-electron chi connectivity index (χ3n) is 3.12. The molecular formula is C14H20N2OS. The standard InChI is InChI=1S/C14H20N2OS/c1-10-8-11(9-18-10)15-13-7-5-4-6-12(13)14(17)16(2)3/h4-7,10-11,15H,8-9H2,1-3H3. The van der Waals surface area contributed by atoms with Crippen LogP contribution in [0.15, 0.2) is 24.3 Å². The lowest BCUT2D eigenvalue weighted by Gasteiger charge is -2.18. The van der Waals surface area contributed by atoms with Gasteiger partial charge in [-0.15, -0.1) is 0 Å². The highest BCUT2D eigenvalue weighted by atomic mass is 32.2. The number of nitrogens with one attached hydrogen (secondary N) is 1. The summed E-state index contributed by atoms with van der Waals surface area (Å²) in [7, 11) is 3.57. The molecule has 1 N–H and O–H groups in total. The molecule has 0 spiro atoms. The summed E-state index contributed by atoms with van der Waals surface area (Å²) in [6, 6.07) is 8.23. The maximum Gasteiger partial charge on any atom is 0.255 e. The van der Waals surface area contributed by atoms with Crippen LogP contribution >= 0.6 is 11.8 Å². The molecule has 2 rings (SSSR count). The van der Waals surface area contributed by atoms with E-state index in [9.17, 15) is 4.79 Å². The molecule has 1 fully saturated rings. The Morgan fingerprint density at radius 1 is 1.39 bits per heavy atom. The van der Waals surface area contributed by atoms with Gasteiger partial charge in [0.2, 0.25) is 0 Å². The van der Waals surface area contributed by atoms with Crippen molar-refractivity contribution in [1.29, 1.82) is 0 Å². The highest BCUT2D eigenvalue weighted by Crippen LogP contribution is 2.29. The molecule has 3 nitrogen and oxygen atoms in total. The SMILES string of the molecule is CC1CC(Nc2ccccc2C(=O)N(C)C)CS1. The quantitative estimate of drug-likeness (QED) is 0.911. The van der Waals surface area contributed by atoms with Gasteiger partial charge >= 0.3 is 0 Å². The van der Waals surface area contributed by atoms with Crippen molar-refractivity contribution in [3.05, 3.63) is 29.8 Å². The van der Waals surface area contributed by atoms with Crippen LogP contribution in [-0.4, -0.2) is 41.9 Å². The molecule has 0 bridgehead atoms. The minimum Gasteiger partial charge on any atom is -0.381 e. The van der Waals surface area contributed by atoms with Gasteiger partial charge in [-0.3, -0.25) is 4.79 Å². The molecule has 98 valence electrons. The zero-order valence-corrected chi connectivity index (χ0v) is 12.0. The summed E-state index contributed by atoms with van der Waals surface area (Å²) in [5.74, 6) is 1.17. The summed E-state index contributed by atoms with van der Waals surface area (Å²) in [5.41, 5.74) is 1.71. The van der Waals surface area contributed by atoms with Gasteiger partial charge in [0.05, 0.1) is 5.56 Å². The summed E-state index contributed by atoms with van der Waals surface area (Å²) < 4.78 is 0. The first kappa shape index (κ1) is 13.3. The number of nitrogens with zero attached hydrogens (tertiary/aromatic N) is 1. The fraction of sp³-hybridized carbons (Fsp3) is 0.500. The summed E-state index contributed by atoms with van der Waals surface area (Å²) in [6.07, 6.45) is 1.16. The van der Waals surface area contributed by atoms with E-state index in [2.05, 4.69) is 12.2 Å². The minimum absolute atomic E-state index is 0.0526. The van der Waals surface area contributed by atoms with E-state index in [1.807, 2.05) is 36.0 Å². The van der Waals surface area contributed by atoms with Crippen molar-refractivity contribution >= 4 is 23.4 Å². The van der Waals surface area contributed by atoms with Gasteiger partial charge in [0, 0.05) is 36.8 Å². The van der Waals surface area contributed by atoms with Gasteiger partial charge in [-0.25, -0.2) is 0 Å². The molecule has 2 unspecified atom stereocenters. The highest BCUT2D eigenvalue weighted by Gasteiger charge is 2.23. The first-order chi connectivity index (χ1) is 8.58. The molecule has 1 aromatic carbocycles. The number of hydrogen-bond donors (Lipinski definition) is 1. The van der Waals surface area contributed by atoms with Crippen molar-refractivity contribution in [2.75, 3.05) is 25.2 Å². The van der Waals surface area contributed by atoms with E-state index < -0.39 is 0 Å². The Bertz CT molecular complexity index is 434. The van der Waals surface area contributed by atoms with E-state index in [0.717, 1.165) is 23.4 Å². The number of para-hydroxylation sites is 1. The summed E-state index contributed by atoms with van der Waals surface area (Å²) in [4.78, 5) is 13.7. The molecule has 1 saturated heterocycles. The van der Waals surface area contributed by atoms with Crippen LogP contribution in [0.2, 0.25) is 0 Å². The van der Waals surface area contributed by atoms with Crippen LogP contribution in [0.25, 0.3) is 0 Å². The second kappa shape index (κ2) is 5.65.